The summed E-state index contributed by atoms with van der Waals surface area (Å²) in [6.45, 7) is 0.694. The summed E-state index contributed by atoms with van der Waals surface area (Å²) < 4.78 is 26.8. The molecule has 1 fully saturated rings. The van der Waals surface area contributed by atoms with Crippen molar-refractivity contribution in [2.75, 3.05) is 25.0 Å². The van der Waals surface area contributed by atoms with Crippen LogP contribution in [0.5, 0.6) is 0 Å². The molecule has 1 saturated heterocycles. The van der Waals surface area contributed by atoms with Gasteiger partial charge in [0.15, 0.2) is 0 Å². The van der Waals surface area contributed by atoms with E-state index >= 15 is 0 Å². The number of carbonyl (C=O) groups excluding carboxylic acids is 1. The molecule has 1 atom stereocenters. The van der Waals surface area contributed by atoms with E-state index in [2.05, 4.69) is 15.4 Å². The molecule has 0 aromatic carbocycles. The van der Waals surface area contributed by atoms with E-state index < -0.39 is 6.43 Å². The summed E-state index contributed by atoms with van der Waals surface area (Å²) in [6, 6.07) is 3.63. The van der Waals surface area contributed by atoms with Gasteiger partial charge >= 0.3 is 0 Å². The third-order valence-electron chi connectivity index (χ3n) is 4.32. The molecule has 1 unspecified atom stereocenters. The highest BCUT2D eigenvalue weighted by molar-refractivity contribution is 5.92. The predicted octanol–water partition coefficient (Wildman–Crippen LogP) is 2.40. The second-order valence-electron chi connectivity index (χ2n) is 6.31. The highest BCUT2D eigenvalue weighted by Crippen LogP contribution is 2.22. The average molecular weight is 349 g/mol. The van der Waals surface area contributed by atoms with E-state index in [1.165, 1.54) is 0 Å². The highest BCUT2D eigenvalue weighted by Gasteiger charge is 2.27. The Labute approximate surface area is 144 Å². The Morgan fingerprint density at radius 3 is 3.00 bits per heavy atom. The predicted molar refractivity (Wildman–Crippen MR) is 90.2 cm³/mol. The maximum absolute atomic E-state index is 12.5. The number of halogens is 2. The van der Waals surface area contributed by atoms with Crippen molar-refractivity contribution in [3.05, 3.63) is 30.7 Å². The third-order valence-corrected chi connectivity index (χ3v) is 4.32. The molecule has 0 saturated carbocycles. The van der Waals surface area contributed by atoms with Crippen molar-refractivity contribution in [1.82, 2.24) is 19.7 Å². The number of carbonyl (C=O) groups is 1. The minimum absolute atomic E-state index is 0.171. The fourth-order valence-corrected chi connectivity index (χ4v) is 3.11. The molecular formula is C17H21F2N5O. The van der Waals surface area contributed by atoms with E-state index in [9.17, 15) is 13.6 Å². The van der Waals surface area contributed by atoms with Gasteiger partial charge in [-0.15, -0.1) is 0 Å². The first kappa shape index (κ1) is 17.5. The van der Waals surface area contributed by atoms with Gasteiger partial charge in [0, 0.05) is 31.5 Å². The van der Waals surface area contributed by atoms with Crippen molar-refractivity contribution in [2.24, 2.45) is 13.0 Å². The molecule has 3 rings (SSSR count). The molecule has 1 aliphatic rings. The van der Waals surface area contributed by atoms with E-state index in [1.807, 2.05) is 19.3 Å². The summed E-state index contributed by atoms with van der Waals surface area (Å²) in [6.07, 6.45) is 4.32. The molecule has 2 aromatic heterocycles. The molecule has 3 heterocycles. The topological polar surface area (TPSA) is 63.1 Å². The Balaban J connectivity index is 1.64. The van der Waals surface area contributed by atoms with Crippen molar-refractivity contribution >= 4 is 11.7 Å². The van der Waals surface area contributed by atoms with Gasteiger partial charge in [0.25, 0.3) is 6.43 Å². The Morgan fingerprint density at radius 2 is 2.28 bits per heavy atom. The second kappa shape index (κ2) is 7.69. The first-order chi connectivity index (χ1) is 12.0. The summed E-state index contributed by atoms with van der Waals surface area (Å²) in [4.78, 5) is 18.3. The van der Waals surface area contributed by atoms with Crippen molar-refractivity contribution in [1.29, 1.82) is 0 Å². The third kappa shape index (κ3) is 4.60. The van der Waals surface area contributed by atoms with Crippen LogP contribution >= 0.6 is 0 Å². The normalized spacial score (nSPS) is 18.5. The molecule has 8 heteroatoms. The van der Waals surface area contributed by atoms with Gasteiger partial charge in [-0.05, 0) is 37.1 Å². The van der Waals surface area contributed by atoms with Gasteiger partial charge in [0.1, 0.15) is 5.82 Å². The molecule has 1 aliphatic heterocycles. The van der Waals surface area contributed by atoms with Crippen LogP contribution in [0.1, 0.15) is 12.8 Å². The SMILES string of the molecule is Cn1cc(-c2ccnc(NC(=O)C3CCCN(CC(F)F)C3)c2)cn1. The van der Waals surface area contributed by atoms with E-state index in [0.717, 1.165) is 17.5 Å². The molecule has 0 radical (unpaired) electrons. The number of anilines is 1. The molecule has 0 spiro atoms. The van der Waals surface area contributed by atoms with Gasteiger partial charge in [-0.3, -0.25) is 14.4 Å². The number of amides is 1. The van der Waals surface area contributed by atoms with Gasteiger partial charge in [-0.25, -0.2) is 13.8 Å². The number of nitrogens with one attached hydrogen (secondary N) is 1. The maximum Gasteiger partial charge on any atom is 0.251 e. The molecule has 0 bridgehead atoms. The lowest BCUT2D eigenvalue weighted by atomic mass is 9.97. The summed E-state index contributed by atoms with van der Waals surface area (Å²) in [5.74, 6) is -0.0107. The van der Waals surface area contributed by atoms with Crippen LogP contribution in [0.15, 0.2) is 30.7 Å². The summed E-state index contributed by atoms with van der Waals surface area (Å²) >= 11 is 0. The van der Waals surface area contributed by atoms with Gasteiger partial charge < -0.3 is 5.32 Å². The Hall–Kier alpha value is -2.35. The molecule has 0 aliphatic carbocycles. The van der Waals surface area contributed by atoms with Crippen molar-refractivity contribution in [2.45, 2.75) is 19.3 Å². The fourth-order valence-electron chi connectivity index (χ4n) is 3.11. The maximum atomic E-state index is 12.5. The molecule has 2 aromatic rings. The average Bonchev–Trinajstić information content (AvgIpc) is 3.01. The lowest BCUT2D eigenvalue weighted by molar-refractivity contribution is -0.121. The smallest absolute Gasteiger partial charge is 0.251 e. The van der Waals surface area contributed by atoms with Gasteiger partial charge in [-0.1, -0.05) is 0 Å². The zero-order valence-electron chi connectivity index (χ0n) is 14.0. The molecule has 1 N–H and O–H groups in total. The zero-order valence-corrected chi connectivity index (χ0v) is 14.0. The molecule has 6 nitrogen and oxygen atoms in total. The largest absolute Gasteiger partial charge is 0.310 e. The Kier molecular flexibility index (Phi) is 5.37. The summed E-state index contributed by atoms with van der Waals surface area (Å²) in [5, 5.41) is 6.94. The van der Waals surface area contributed by atoms with Crippen LogP contribution < -0.4 is 5.32 Å². The fraction of sp³-hybridized carbons (Fsp3) is 0.471. The van der Waals surface area contributed by atoms with E-state index in [4.69, 9.17) is 0 Å². The standard InChI is InChI=1S/C17H21F2N5O/c1-23-9-14(8-21-23)12-4-5-20-16(7-12)22-17(25)13-3-2-6-24(10-13)11-15(18)19/h4-5,7-9,13,15H,2-3,6,10-11H2,1H3,(H,20,22,25). The van der Waals surface area contributed by atoms with E-state index in [1.54, 1.807) is 28.0 Å². The summed E-state index contributed by atoms with van der Waals surface area (Å²) in [5.41, 5.74) is 1.84. The minimum Gasteiger partial charge on any atom is -0.310 e. The van der Waals surface area contributed by atoms with Crippen LogP contribution in [-0.4, -0.2) is 51.6 Å². The van der Waals surface area contributed by atoms with E-state index in [0.29, 0.717) is 25.3 Å². The molecule has 1 amide bonds. The number of hydrogen-bond acceptors (Lipinski definition) is 4. The zero-order chi connectivity index (χ0) is 17.8. The lowest BCUT2D eigenvalue weighted by Crippen LogP contribution is -2.42. The van der Waals surface area contributed by atoms with Crippen LogP contribution in [0.3, 0.4) is 0 Å². The van der Waals surface area contributed by atoms with Crippen LogP contribution in [0.4, 0.5) is 14.6 Å². The second-order valence-corrected chi connectivity index (χ2v) is 6.31. The Bertz CT molecular complexity index is 733. The Morgan fingerprint density at radius 1 is 1.44 bits per heavy atom. The van der Waals surface area contributed by atoms with Gasteiger partial charge in [0.2, 0.25) is 5.91 Å². The van der Waals surface area contributed by atoms with E-state index in [-0.39, 0.29) is 18.4 Å². The number of aromatic nitrogens is 3. The summed E-state index contributed by atoms with van der Waals surface area (Å²) in [7, 11) is 1.83. The lowest BCUT2D eigenvalue weighted by Gasteiger charge is -2.31. The number of hydrogen-bond donors (Lipinski definition) is 1. The number of pyridine rings is 1. The first-order valence-electron chi connectivity index (χ1n) is 8.27. The van der Waals surface area contributed by atoms with Gasteiger partial charge in [0.05, 0.1) is 18.7 Å². The monoisotopic (exact) mass is 349 g/mol. The van der Waals surface area contributed by atoms with Crippen LogP contribution in [0.25, 0.3) is 11.1 Å². The van der Waals surface area contributed by atoms with Gasteiger partial charge in [-0.2, -0.15) is 5.10 Å². The minimum atomic E-state index is -2.38. The van der Waals surface area contributed by atoms with Crippen molar-refractivity contribution in [3.8, 4) is 11.1 Å². The van der Waals surface area contributed by atoms with Crippen molar-refractivity contribution < 1.29 is 13.6 Å². The molecule has 25 heavy (non-hydrogen) atoms. The van der Waals surface area contributed by atoms with Crippen LogP contribution in [-0.2, 0) is 11.8 Å². The first-order valence-corrected chi connectivity index (χ1v) is 8.27. The highest BCUT2D eigenvalue weighted by atomic mass is 19.3. The number of aryl methyl sites for hydroxylation is 1. The number of nitrogens with zero attached hydrogens (tertiary/aromatic N) is 4. The number of piperidine rings is 1. The molecule has 134 valence electrons. The molecular weight excluding hydrogens is 328 g/mol. The van der Waals surface area contributed by atoms with Crippen molar-refractivity contribution in [3.63, 3.8) is 0 Å². The number of likely N-dealkylation sites (tertiary alicyclic amines) is 1. The quantitative estimate of drug-likeness (QED) is 0.900. The van der Waals surface area contributed by atoms with Crippen LogP contribution in [0.2, 0.25) is 0 Å². The van der Waals surface area contributed by atoms with Crippen LogP contribution in [0, 0.1) is 5.92 Å². The number of rotatable bonds is 5. The number of alkyl halides is 2.